The van der Waals surface area contributed by atoms with Crippen LogP contribution in [0.3, 0.4) is 0 Å². The number of aromatic nitrogens is 4. The topological polar surface area (TPSA) is 127 Å². The first-order valence-electron chi connectivity index (χ1n) is 9.89. The quantitative estimate of drug-likeness (QED) is 0.410. The van der Waals surface area contributed by atoms with Gasteiger partial charge in [0, 0.05) is 29.0 Å². The molecule has 0 atom stereocenters. The number of benzene rings is 2. The van der Waals surface area contributed by atoms with Gasteiger partial charge in [-0.3, -0.25) is 4.79 Å². The highest BCUT2D eigenvalue weighted by Crippen LogP contribution is 2.28. The van der Waals surface area contributed by atoms with E-state index in [1.807, 2.05) is 6.07 Å². The number of nitrogens with zero attached hydrogens (tertiary/aromatic N) is 3. The molecule has 2 aromatic carbocycles. The average molecular weight is 440 g/mol. The number of hydrogen-bond donors (Lipinski definition) is 2. The van der Waals surface area contributed by atoms with Gasteiger partial charge in [-0.15, -0.1) is 0 Å². The van der Waals surface area contributed by atoms with E-state index in [1.165, 1.54) is 19.4 Å². The van der Waals surface area contributed by atoms with E-state index in [0.717, 1.165) is 0 Å². The zero-order valence-electron chi connectivity index (χ0n) is 17.3. The minimum Gasteiger partial charge on any atom is -0.478 e. The number of pyridine rings is 2. The molecule has 2 aliphatic rings. The molecule has 0 bridgehead atoms. The van der Waals surface area contributed by atoms with Gasteiger partial charge < -0.3 is 14.4 Å². The Kier molecular flexibility index (Phi) is 4.71. The molecule has 0 fully saturated rings. The van der Waals surface area contributed by atoms with Gasteiger partial charge in [0.2, 0.25) is 0 Å². The summed E-state index contributed by atoms with van der Waals surface area (Å²) < 4.78 is 6.46. The minimum absolute atomic E-state index is 0.135. The molecule has 1 aromatic heterocycles. The number of fused-ring (bicyclic) bond motifs is 2. The number of methoxy groups -OCH3 is 1. The van der Waals surface area contributed by atoms with Gasteiger partial charge in [-0.25, -0.2) is 19.7 Å². The van der Waals surface area contributed by atoms with Crippen LogP contribution in [0.4, 0.5) is 0 Å². The van der Waals surface area contributed by atoms with E-state index in [1.54, 1.807) is 53.2 Å². The van der Waals surface area contributed by atoms with Gasteiger partial charge in [0.05, 0.1) is 29.4 Å². The smallest absolute Gasteiger partial charge is 0.341 e. The third kappa shape index (κ3) is 3.41. The van der Waals surface area contributed by atoms with Gasteiger partial charge in [0.15, 0.2) is 0 Å². The zero-order chi connectivity index (χ0) is 23.1. The Balaban J connectivity index is 1.69. The van der Waals surface area contributed by atoms with Crippen molar-refractivity contribution in [1.82, 2.24) is 19.7 Å². The SMILES string of the molecule is COC(=O)c1cn(-c2cccc(-c3cc(C(=O)O)c4ccccc4n3)c2)cc2c(=O)[nH]nc1-2. The molecule has 3 aromatic rings. The van der Waals surface area contributed by atoms with Crippen LogP contribution in [-0.2, 0) is 4.74 Å². The van der Waals surface area contributed by atoms with Gasteiger partial charge >= 0.3 is 11.9 Å². The molecule has 0 saturated heterocycles. The van der Waals surface area contributed by atoms with Crippen LogP contribution >= 0.6 is 0 Å². The van der Waals surface area contributed by atoms with Crippen molar-refractivity contribution in [3.63, 3.8) is 0 Å². The van der Waals surface area contributed by atoms with E-state index in [0.29, 0.717) is 27.8 Å². The fourth-order valence-electron chi connectivity index (χ4n) is 3.77. The number of aromatic amines is 1. The second kappa shape index (κ2) is 7.72. The minimum atomic E-state index is -1.04. The number of rotatable bonds is 4. The van der Waals surface area contributed by atoms with Gasteiger partial charge in [-0.05, 0) is 24.3 Å². The lowest BCUT2D eigenvalue weighted by molar-refractivity contribution is 0.0599. The molecule has 3 heterocycles. The van der Waals surface area contributed by atoms with Gasteiger partial charge in [0.1, 0.15) is 11.3 Å². The molecule has 0 radical (unpaired) electrons. The molecular formula is C24H16N4O5. The number of hydrogen-bond acceptors (Lipinski definition) is 6. The number of carboxylic acids is 1. The van der Waals surface area contributed by atoms with Crippen LogP contribution in [0.5, 0.6) is 0 Å². The summed E-state index contributed by atoms with van der Waals surface area (Å²) in [5.74, 6) is -1.67. The summed E-state index contributed by atoms with van der Waals surface area (Å²) in [6.45, 7) is 0. The fourth-order valence-corrected chi connectivity index (χ4v) is 3.77. The van der Waals surface area contributed by atoms with Crippen molar-refractivity contribution in [3.8, 4) is 28.2 Å². The van der Waals surface area contributed by atoms with E-state index >= 15 is 0 Å². The molecule has 9 heteroatoms. The maximum Gasteiger partial charge on any atom is 0.341 e. The van der Waals surface area contributed by atoms with Crippen LogP contribution in [0.25, 0.3) is 39.1 Å². The van der Waals surface area contributed by atoms with Gasteiger partial charge in [-0.1, -0.05) is 30.3 Å². The number of esters is 1. The van der Waals surface area contributed by atoms with Crippen molar-refractivity contribution in [2.75, 3.05) is 7.11 Å². The summed E-state index contributed by atoms with van der Waals surface area (Å²) in [4.78, 5) is 40.9. The normalized spacial score (nSPS) is 11.1. The van der Waals surface area contributed by atoms with E-state index in [9.17, 15) is 19.5 Å². The Morgan fingerprint density at radius 3 is 2.64 bits per heavy atom. The number of carbonyl (C=O) groups is 2. The van der Waals surface area contributed by atoms with Crippen molar-refractivity contribution in [2.24, 2.45) is 0 Å². The van der Waals surface area contributed by atoms with Crippen LogP contribution in [0.2, 0.25) is 0 Å². The molecule has 5 rings (SSSR count). The lowest BCUT2D eigenvalue weighted by Crippen LogP contribution is -2.11. The van der Waals surface area contributed by atoms with E-state index in [2.05, 4.69) is 15.2 Å². The number of para-hydroxylation sites is 1. The van der Waals surface area contributed by atoms with Crippen molar-refractivity contribution in [1.29, 1.82) is 0 Å². The van der Waals surface area contributed by atoms with E-state index < -0.39 is 17.5 Å². The van der Waals surface area contributed by atoms with Crippen LogP contribution in [0.15, 0.2) is 71.8 Å². The summed E-state index contributed by atoms with van der Waals surface area (Å²) >= 11 is 0. The summed E-state index contributed by atoms with van der Waals surface area (Å²) in [5, 5.41) is 16.5. The van der Waals surface area contributed by atoms with E-state index in [4.69, 9.17) is 4.74 Å². The lowest BCUT2D eigenvalue weighted by atomic mass is 10.0. The molecule has 0 unspecified atom stereocenters. The van der Waals surface area contributed by atoms with Crippen LogP contribution < -0.4 is 5.56 Å². The molecule has 2 aliphatic heterocycles. The Hall–Kier alpha value is -4.79. The van der Waals surface area contributed by atoms with Crippen molar-refractivity contribution in [2.45, 2.75) is 0 Å². The number of carbonyl (C=O) groups excluding carboxylic acids is 1. The first-order chi connectivity index (χ1) is 16.0. The molecule has 162 valence electrons. The molecule has 0 spiro atoms. The lowest BCUT2D eigenvalue weighted by Gasteiger charge is -2.13. The summed E-state index contributed by atoms with van der Waals surface area (Å²) in [6, 6.07) is 15.7. The molecule has 9 nitrogen and oxygen atoms in total. The molecular weight excluding hydrogens is 424 g/mol. The molecule has 33 heavy (non-hydrogen) atoms. The van der Waals surface area contributed by atoms with Crippen molar-refractivity contribution >= 4 is 22.8 Å². The predicted molar refractivity (Wildman–Crippen MR) is 120 cm³/mol. The van der Waals surface area contributed by atoms with Crippen molar-refractivity contribution < 1.29 is 19.4 Å². The maximum absolute atomic E-state index is 12.3. The van der Waals surface area contributed by atoms with Crippen LogP contribution in [-0.4, -0.2) is 43.9 Å². The molecule has 0 aliphatic carbocycles. The number of carboxylic acid groups (broad SMARTS) is 1. The summed E-state index contributed by atoms with van der Waals surface area (Å²) in [7, 11) is 1.25. The third-order valence-electron chi connectivity index (χ3n) is 5.35. The largest absolute Gasteiger partial charge is 0.478 e. The van der Waals surface area contributed by atoms with Crippen LogP contribution in [0.1, 0.15) is 20.7 Å². The van der Waals surface area contributed by atoms with Crippen LogP contribution in [0, 0.1) is 0 Å². The first kappa shape index (κ1) is 20.1. The number of aromatic carboxylic acids is 1. The first-order valence-corrected chi connectivity index (χ1v) is 9.89. The Morgan fingerprint density at radius 2 is 1.85 bits per heavy atom. The molecule has 0 amide bonds. The number of nitrogens with one attached hydrogen (secondary N) is 1. The number of ether oxygens (including phenoxy) is 1. The van der Waals surface area contributed by atoms with Crippen molar-refractivity contribution in [3.05, 3.63) is 88.5 Å². The summed E-state index contributed by atoms with van der Waals surface area (Å²) in [5.41, 5.74) is 2.66. The molecule has 2 N–H and O–H groups in total. The molecule has 0 saturated carbocycles. The Morgan fingerprint density at radius 1 is 1.03 bits per heavy atom. The highest BCUT2D eigenvalue weighted by molar-refractivity contribution is 6.03. The predicted octanol–water partition coefficient (Wildman–Crippen LogP) is 3.37. The Labute approximate surface area is 186 Å². The third-order valence-corrected chi connectivity index (χ3v) is 5.35. The Bertz CT molecular complexity index is 1580. The maximum atomic E-state index is 12.3. The monoisotopic (exact) mass is 440 g/mol. The average Bonchev–Trinajstić information content (AvgIpc) is 3.22. The highest BCUT2D eigenvalue weighted by atomic mass is 16.5. The second-order valence-electron chi connectivity index (χ2n) is 7.31. The summed E-state index contributed by atoms with van der Waals surface area (Å²) in [6.07, 6.45) is 3.10. The van der Waals surface area contributed by atoms with Gasteiger partial charge in [-0.2, -0.15) is 5.10 Å². The zero-order valence-corrected chi connectivity index (χ0v) is 17.3. The fraction of sp³-hybridized carbons (Fsp3) is 0.0417. The van der Waals surface area contributed by atoms with Gasteiger partial charge in [0.25, 0.3) is 5.56 Å². The standard InChI is InChI=1S/C24H16N4O5/c1-33-24(32)18-12-28(11-17-21(18)26-27-22(17)29)14-6-4-5-13(9-14)20-10-16(23(30)31)15-7-2-3-8-19(15)25-20/h2-12H,1H3,(H,27,29)(H,30,31). The van der Waals surface area contributed by atoms with E-state index in [-0.39, 0.29) is 22.4 Å². The second-order valence-corrected chi connectivity index (χ2v) is 7.31. The number of H-pyrrole nitrogens is 1. The highest BCUT2D eigenvalue weighted by Gasteiger charge is 2.22.